The van der Waals surface area contributed by atoms with E-state index in [1.807, 2.05) is 41.5 Å². The number of aryl methyl sites for hydroxylation is 1. The van der Waals surface area contributed by atoms with Gasteiger partial charge in [-0.1, -0.05) is 6.07 Å². The SMILES string of the molecule is Cc1cc(=O)oc2cc(NC(=O)C3CCN(C(=O)c4cccs4)CC3)ccc12. The number of benzene rings is 1. The third kappa shape index (κ3) is 3.71. The minimum absolute atomic E-state index is 0.0359. The van der Waals surface area contributed by atoms with Crippen LogP contribution in [0.2, 0.25) is 0 Å². The van der Waals surface area contributed by atoms with Crippen LogP contribution >= 0.6 is 11.3 Å². The van der Waals surface area contributed by atoms with Gasteiger partial charge in [0.25, 0.3) is 5.91 Å². The van der Waals surface area contributed by atoms with Gasteiger partial charge in [0.15, 0.2) is 0 Å². The third-order valence-electron chi connectivity index (χ3n) is 5.10. The molecule has 7 heteroatoms. The number of amides is 2. The molecule has 1 saturated heterocycles. The van der Waals surface area contributed by atoms with E-state index in [1.165, 1.54) is 17.4 Å². The number of nitrogens with zero attached hydrogens (tertiary/aromatic N) is 1. The van der Waals surface area contributed by atoms with E-state index in [0.29, 0.717) is 37.2 Å². The smallest absolute Gasteiger partial charge is 0.336 e. The first-order valence-electron chi connectivity index (χ1n) is 9.19. The van der Waals surface area contributed by atoms with Crippen molar-refractivity contribution in [2.75, 3.05) is 18.4 Å². The monoisotopic (exact) mass is 396 g/mol. The van der Waals surface area contributed by atoms with Crippen LogP contribution in [0.4, 0.5) is 5.69 Å². The number of carbonyl (C=O) groups is 2. The van der Waals surface area contributed by atoms with Crippen molar-refractivity contribution >= 4 is 39.8 Å². The molecule has 0 radical (unpaired) electrons. The van der Waals surface area contributed by atoms with E-state index < -0.39 is 5.63 Å². The number of anilines is 1. The Balaban J connectivity index is 1.40. The molecule has 2 amide bonds. The predicted octanol–water partition coefficient (Wildman–Crippen LogP) is 3.65. The van der Waals surface area contributed by atoms with Crippen LogP contribution in [0.5, 0.6) is 0 Å². The molecule has 1 N–H and O–H groups in total. The van der Waals surface area contributed by atoms with Crippen molar-refractivity contribution in [3.05, 3.63) is 62.6 Å². The molecule has 1 aliphatic heterocycles. The van der Waals surface area contributed by atoms with Crippen molar-refractivity contribution in [1.82, 2.24) is 4.90 Å². The fourth-order valence-corrected chi connectivity index (χ4v) is 4.24. The number of piperidine rings is 1. The molecule has 28 heavy (non-hydrogen) atoms. The lowest BCUT2D eigenvalue weighted by Crippen LogP contribution is -2.41. The van der Waals surface area contributed by atoms with Gasteiger partial charge in [-0.15, -0.1) is 11.3 Å². The van der Waals surface area contributed by atoms with Crippen LogP contribution in [-0.2, 0) is 4.79 Å². The van der Waals surface area contributed by atoms with E-state index in [0.717, 1.165) is 15.8 Å². The van der Waals surface area contributed by atoms with Gasteiger partial charge in [0.05, 0.1) is 4.88 Å². The highest BCUT2D eigenvalue weighted by Gasteiger charge is 2.28. The summed E-state index contributed by atoms with van der Waals surface area (Å²) in [5, 5.41) is 5.65. The molecule has 0 atom stereocenters. The number of nitrogens with one attached hydrogen (secondary N) is 1. The number of hydrogen-bond acceptors (Lipinski definition) is 5. The first kappa shape index (κ1) is 18.4. The second-order valence-electron chi connectivity index (χ2n) is 6.99. The van der Waals surface area contributed by atoms with Crippen LogP contribution < -0.4 is 10.9 Å². The molecule has 3 heterocycles. The molecule has 0 bridgehead atoms. The minimum Gasteiger partial charge on any atom is -0.423 e. The van der Waals surface area contributed by atoms with Gasteiger partial charge in [-0.05, 0) is 48.9 Å². The zero-order chi connectivity index (χ0) is 19.7. The maximum absolute atomic E-state index is 12.6. The van der Waals surface area contributed by atoms with Crippen LogP contribution in [0.3, 0.4) is 0 Å². The molecular formula is C21H20N2O4S. The van der Waals surface area contributed by atoms with Crippen molar-refractivity contribution in [3.63, 3.8) is 0 Å². The second kappa shape index (κ2) is 7.59. The van der Waals surface area contributed by atoms with Crippen LogP contribution in [-0.4, -0.2) is 29.8 Å². The Hall–Kier alpha value is -2.93. The van der Waals surface area contributed by atoms with Crippen LogP contribution in [0.25, 0.3) is 11.0 Å². The normalized spacial score (nSPS) is 15.0. The molecule has 2 aromatic heterocycles. The van der Waals surface area contributed by atoms with Gasteiger partial charge >= 0.3 is 5.63 Å². The standard InChI is InChI=1S/C21H20N2O4S/c1-13-11-19(24)27-17-12-15(4-5-16(13)17)22-20(25)14-6-8-23(9-7-14)21(26)18-3-2-10-28-18/h2-5,10-12,14H,6-9H2,1H3,(H,22,25). The van der Waals surface area contributed by atoms with Gasteiger partial charge in [0.1, 0.15) is 5.58 Å². The third-order valence-corrected chi connectivity index (χ3v) is 5.96. The number of likely N-dealkylation sites (tertiary alicyclic amines) is 1. The molecule has 0 saturated carbocycles. The lowest BCUT2D eigenvalue weighted by atomic mass is 9.95. The summed E-state index contributed by atoms with van der Waals surface area (Å²) in [5.41, 5.74) is 1.49. The average molecular weight is 396 g/mol. The van der Waals surface area contributed by atoms with E-state index in [2.05, 4.69) is 5.32 Å². The Morgan fingerprint density at radius 1 is 1.18 bits per heavy atom. The Bertz CT molecular complexity index is 1080. The second-order valence-corrected chi connectivity index (χ2v) is 7.94. The Kier molecular flexibility index (Phi) is 5.00. The van der Waals surface area contributed by atoms with E-state index in [1.54, 1.807) is 6.07 Å². The number of rotatable bonds is 3. The molecular weight excluding hydrogens is 376 g/mol. The van der Waals surface area contributed by atoms with Gasteiger partial charge < -0.3 is 14.6 Å². The van der Waals surface area contributed by atoms with Crippen molar-refractivity contribution in [2.24, 2.45) is 5.92 Å². The maximum atomic E-state index is 12.6. The zero-order valence-electron chi connectivity index (χ0n) is 15.4. The molecule has 1 aliphatic rings. The topological polar surface area (TPSA) is 79.6 Å². The van der Waals surface area contributed by atoms with E-state index in [-0.39, 0.29) is 17.7 Å². The molecule has 144 valence electrons. The van der Waals surface area contributed by atoms with Gasteiger partial charge in [0, 0.05) is 42.2 Å². The van der Waals surface area contributed by atoms with Crippen molar-refractivity contribution < 1.29 is 14.0 Å². The van der Waals surface area contributed by atoms with E-state index >= 15 is 0 Å². The summed E-state index contributed by atoms with van der Waals surface area (Å²) in [7, 11) is 0. The quantitative estimate of drug-likeness (QED) is 0.686. The Morgan fingerprint density at radius 3 is 2.68 bits per heavy atom. The molecule has 6 nitrogen and oxygen atoms in total. The van der Waals surface area contributed by atoms with Crippen molar-refractivity contribution in [3.8, 4) is 0 Å². The Morgan fingerprint density at radius 2 is 1.96 bits per heavy atom. The molecule has 1 fully saturated rings. The number of thiophene rings is 1. The first-order chi connectivity index (χ1) is 13.5. The fraction of sp³-hybridized carbons (Fsp3) is 0.286. The molecule has 4 rings (SSSR count). The number of hydrogen-bond donors (Lipinski definition) is 1. The summed E-state index contributed by atoms with van der Waals surface area (Å²) in [5.74, 6) is -0.182. The summed E-state index contributed by atoms with van der Waals surface area (Å²) < 4.78 is 5.24. The summed E-state index contributed by atoms with van der Waals surface area (Å²) in [6.45, 7) is 2.99. The highest BCUT2D eigenvalue weighted by Crippen LogP contribution is 2.24. The largest absolute Gasteiger partial charge is 0.423 e. The van der Waals surface area contributed by atoms with Gasteiger partial charge in [-0.2, -0.15) is 0 Å². The van der Waals surface area contributed by atoms with Crippen LogP contribution in [0.15, 0.2) is 51.0 Å². The summed E-state index contributed by atoms with van der Waals surface area (Å²) in [6.07, 6.45) is 1.26. The highest BCUT2D eigenvalue weighted by atomic mass is 32.1. The molecule has 1 aromatic carbocycles. The average Bonchev–Trinajstić information content (AvgIpc) is 3.22. The van der Waals surface area contributed by atoms with Crippen LogP contribution in [0, 0.1) is 12.8 Å². The molecule has 0 spiro atoms. The fourth-order valence-electron chi connectivity index (χ4n) is 3.55. The van der Waals surface area contributed by atoms with E-state index in [4.69, 9.17) is 4.42 Å². The van der Waals surface area contributed by atoms with Gasteiger partial charge in [-0.25, -0.2) is 4.79 Å². The zero-order valence-corrected chi connectivity index (χ0v) is 16.3. The lowest BCUT2D eigenvalue weighted by molar-refractivity contribution is -0.121. The summed E-state index contributed by atoms with van der Waals surface area (Å²) in [6, 6.07) is 10.5. The van der Waals surface area contributed by atoms with E-state index in [9.17, 15) is 14.4 Å². The predicted molar refractivity (Wildman–Crippen MR) is 109 cm³/mol. The Labute approximate surface area is 165 Å². The summed E-state index contributed by atoms with van der Waals surface area (Å²) in [4.78, 5) is 39.2. The maximum Gasteiger partial charge on any atom is 0.336 e. The molecule has 3 aromatic rings. The van der Waals surface area contributed by atoms with Crippen LogP contribution in [0.1, 0.15) is 28.1 Å². The molecule has 0 aliphatic carbocycles. The lowest BCUT2D eigenvalue weighted by Gasteiger charge is -2.31. The number of carbonyl (C=O) groups excluding carboxylic acids is 2. The van der Waals surface area contributed by atoms with Crippen molar-refractivity contribution in [2.45, 2.75) is 19.8 Å². The van der Waals surface area contributed by atoms with Gasteiger partial charge in [0.2, 0.25) is 5.91 Å². The van der Waals surface area contributed by atoms with Crippen molar-refractivity contribution in [1.29, 1.82) is 0 Å². The first-order valence-corrected chi connectivity index (χ1v) is 10.1. The minimum atomic E-state index is -0.406. The molecule has 0 unspecified atom stereocenters. The number of fused-ring (bicyclic) bond motifs is 1. The highest BCUT2D eigenvalue weighted by molar-refractivity contribution is 7.12. The van der Waals surface area contributed by atoms with Gasteiger partial charge in [-0.3, -0.25) is 9.59 Å². The summed E-state index contributed by atoms with van der Waals surface area (Å²) >= 11 is 1.43.